The third kappa shape index (κ3) is 3.04. The quantitative estimate of drug-likeness (QED) is 0.705. The number of sulfonamides is 1. The molecule has 2 fully saturated rings. The van der Waals surface area contributed by atoms with Crippen LogP contribution in [0.25, 0.3) is 0 Å². The Morgan fingerprint density at radius 2 is 1.71 bits per heavy atom. The Bertz CT molecular complexity index is 334. The van der Waals surface area contributed by atoms with Crippen LogP contribution in [0.15, 0.2) is 0 Å². The van der Waals surface area contributed by atoms with E-state index in [1.54, 1.807) is 0 Å². The molecule has 3 nitrogen and oxygen atoms in total. The highest BCUT2D eigenvalue weighted by atomic mass is 79.9. The van der Waals surface area contributed by atoms with E-state index in [2.05, 4.69) is 15.9 Å². The second-order valence-electron chi connectivity index (χ2n) is 5.19. The summed E-state index contributed by atoms with van der Waals surface area (Å²) in [7, 11) is -3.02. The summed E-state index contributed by atoms with van der Waals surface area (Å²) in [6.07, 6.45) is 8.15. The fourth-order valence-electron chi connectivity index (χ4n) is 2.79. The lowest BCUT2D eigenvalue weighted by Crippen LogP contribution is -2.48. The van der Waals surface area contributed by atoms with Crippen LogP contribution in [0.1, 0.15) is 51.4 Å². The zero-order valence-electron chi connectivity index (χ0n) is 10.3. The van der Waals surface area contributed by atoms with Crippen LogP contribution >= 0.6 is 15.9 Å². The van der Waals surface area contributed by atoms with E-state index in [9.17, 15) is 8.42 Å². The van der Waals surface area contributed by atoms with Gasteiger partial charge in [-0.2, -0.15) is 4.31 Å². The molecular formula is C12H22BrNO2S. The summed E-state index contributed by atoms with van der Waals surface area (Å²) in [6.45, 7) is 0.703. The molecule has 0 radical (unpaired) electrons. The van der Waals surface area contributed by atoms with Crippen molar-refractivity contribution in [2.24, 2.45) is 0 Å². The van der Waals surface area contributed by atoms with Crippen molar-refractivity contribution in [1.82, 2.24) is 4.31 Å². The predicted molar refractivity (Wildman–Crippen MR) is 73.9 cm³/mol. The number of rotatable bonds is 6. The fourth-order valence-corrected chi connectivity index (χ4v) is 5.36. The minimum atomic E-state index is -3.02. The van der Waals surface area contributed by atoms with Gasteiger partial charge in [-0.3, -0.25) is 0 Å². The average molecular weight is 324 g/mol. The molecule has 0 aromatic carbocycles. The van der Waals surface area contributed by atoms with Crippen LogP contribution in [-0.4, -0.2) is 35.9 Å². The van der Waals surface area contributed by atoms with Crippen molar-refractivity contribution in [1.29, 1.82) is 0 Å². The minimum Gasteiger partial charge on any atom is -0.212 e. The van der Waals surface area contributed by atoms with Crippen LogP contribution in [0.3, 0.4) is 0 Å². The number of hydrogen-bond acceptors (Lipinski definition) is 2. The largest absolute Gasteiger partial charge is 0.217 e. The van der Waals surface area contributed by atoms with E-state index in [4.69, 9.17) is 0 Å². The number of alkyl halides is 1. The molecule has 2 aliphatic rings. The van der Waals surface area contributed by atoms with Crippen LogP contribution < -0.4 is 0 Å². The van der Waals surface area contributed by atoms with Crippen molar-refractivity contribution >= 4 is 26.0 Å². The maximum atomic E-state index is 12.6. The van der Waals surface area contributed by atoms with Gasteiger partial charge in [-0.1, -0.05) is 35.2 Å². The van der Waals surface area contributed by atoms with E-state index in [1.165, 1.54) is 6.42 Å². The van der Waals surface area contributed by atoms with Crippen molar-refractivity contribution in [3.8, 4) is 0 Å². The molecular weight excluding hydrogens is 302 g/mol. The Kier molecular flexibility index (Phi) is 4.89. The average Bonchev–Trinajstić information content (AvgIpc) is 2.74. The molecule has 2 saturated carbocycles. The monoisotopic (exact) mass is 323 g/mol. The Morgan fingerprint density at radius 1 is 1.06 bits per heavy atom. The lowest BCUT2D eigenvalue weighted by atomic mass is 9.93. The Labute approximate surface area is 113 Å². The Hall–Kier alpha value is 0.390. The van der Waals surface area contributed by atoms with Crippen LogP contribution in [0.2, 0.25) is 0 Å². The third-order valence-corrected chi connectivity index (χ3v) is 7.05. The van der Waals surface area contributed by atoms with Gasteiger partial charge in [-0.25, -0.2) is 8.42 Å². The maximum Gasteiger partial charge on any atom is 0.217 e. The van der Waals surface area contributed by atoms with Gasteiger partial charge in [0.1, 0.15) is 0 Å². The molecule has 0 aromatic rings. The van der Waals surface area contributed by atoms with Crippen molar-refractivity contribution in [2.75, 3.05) is 11.9 Å². The minimum absolute atomic E-state index is 0.0848. The van der Waals surface area contributed by atoms with Gasteiger partial charge >= 0.3 is 0 Å². The SMILES string of the molecule is O=S(=O)(C1CCCC1)N(CCCBr)C1CCC1. The number of nitrogens with zero attached hydrogens (tertiary/aromatic N) is 1. The fraction of sp³-hybridized carbons (Fsp3) is 1.00. The van der Waals surface area contributed by atoms with Gasteiger partial charge in [0.15, 0.2) is 0 Å². The standard InChI is InChI=1S/C12H22BrNO2S/c13-9-4-10-14(11-5-3-6-11)17(15,16)12-7-1-2-8-12/h11-12H,1-10H2. The molecule has 0 amide bonds. The van der Waals surface area contributed by atoms with Crippen LogP contribution in [0, 0.1) is 0 Å². The normalized spacial score (nSPS) is 23.2. The van der Waals surface area contributed by atoms with E-state index in [1.807, 2.05) is 4.31 Å². The molecule has 0 aromatic heterocycles. The van der Waals surface area contributed by atoms with Gasteiger partial charge in [-0.05, 0) is 32.1 Å². The van der Waals surface area contributed by atoms with Crippen LogP contribution in [-0.2, 0) is 10.0 Å². The van der Waals surface area contributed by atoms with Crippen LogP contribution in [0.5, 0.6) is 0 Å². The molecule has 17 heavy (non-hydrogen) atoms. The second-order valence-corrected chi connectivity index (χ2v) is 8.15. The number of halogens is 1. The molecule has 0 spiro atoms. The molecule has 0 bridgehead atoms. The van der Waals surface area contributed by atoms with E-state index in [0.29, 0.717) is 12.6 Å². The van der Waals surface area contributed by atoms with Crippen molar-refractivity contribution in [3.63, 3.8) is 0 Å². The molecule has 2 aliphatic carbocycles. The summed E-state index contributed by atoms with van der Waals surface area (Å²) in [5.74, 6) is 0. The number of hydrogen-bond donors (Lipinski definition) is 0. The van der Waals surface area contributed by atoms with Crippen molar-refractivity contribution in [2.45, 2.75) is 62.7 Å². The van der Waals surface area contributed by atoms with Gasteiger partial charge in [0.05, 0.1) is 5.25 Å². The highest BCUT2D eigenvalue weighted by Gasteiger charge is 2.39. The first-order valence-corrected chi connectivity index (χ1v) is 9.35. The van der Waals surface area contributed by atoms with Crippen molar-refractivity contribution < 1.29 is 8.42 Å². The third-order valence-electron chi connectivity index (χ3n) is 4.04. The summed E-state index contributed by atoms with van der Waals surface area (Å²) in [5.41, 5.74) is 0. The lowest BCUT2D eigenvalue weighted by molar-refractivity contribution is 0.218. The first-order chi connectivity index (χ1) is 8.16. The molecule has 0 heterocycles. The first kappa shape index (κ1) is 13.8. The van der Waals surface area contributed by atoms with Gasteiger partial charge in [-0.15, -0.1) is 0 Å². The zero-order chi connectivity index (χ0) is 12.3. The van der Waals surface area contributed by atoms with Crippen molar-refractivity contribution in [3.05, 3.63) is 0 Å². The smallest absolute Gasteiger partial charge is 0.212 e. The Balaban J connectivity index is 2.06. The molecule has 0 unspecified atom stereocenters. The lowest BCUT2D eigenvalue weighted by Gasteiger charge is -2.38. The van der Waals surface area contributed by atoms with Gasteiger partial charge < -0.3 is 0 Å². The zero-order valence-corrected chi connectivity index (χ0v) is 12.7. The molecule has 2 rings (SSSR count). The Morgan fingerprint density at radius 3 is 2.18 bits per heavy atom. The molecule has 0 atom stereocenters. The summed E-state index contributed by atoms with van der Waals surface area (Å²) in [5, 5.41) is 0.801. The molecule has 0 saturated heterocycles. The van der Waals surface area contributed by atoms with Crippen LogP contribution in [0.4, 0.5) is 0 Å². The maximum absolute atomic E-state index is 12.6. The molecule has 0 aliphatic heterocycles. The molecule has 0 N–H and O–H groups in total. The predicted octanol–water partition coefficient (Wildman–Crippen LogP) is 2.90. The second kappa shape index (κ2) is 6.02. The van der Waals surface area contributed by atoms with E-state index >= 15 is 0 Å². The first-order valence-electron chi connectivity index (χ1n) is 6.73. The summed E-state index contributed by atoms with van der Waals surface area (Å²) in [6, 6.07) is 0.305. The summed E-state index contributed by atoms with van der Waals surface area (Å²) >= 11 is 3.40. The topological polar surface area (TPSA) is 37.4 Å². The van der Waals surface area contributed by atoms with Gasteiger partial charge in [0.25, 0.3) is 0 Å². The summed E-state index contributed by atoms with van der Waals surface area (Å²) in [4.78, 5) is 0. The van der Waals surface area contributed by atoms with E-state index in [0.717, 1.165) is 50.3 Å². The molecule has 100 valence electrons. The van der Waals surface area contributed by atoms with Gasteiger partial charge in [0, 0.05) is 17.9 Å². The van der Waals surface area contributed by atoms with E-state index < -0.39 is 10.0 Å². The van der Waals surface area contributed by atoms with E-state index in [-0.39, 0.29) is 5.25 Å². The summed E-state index contributed by atoms with van der Waals surface area (Å²) < 4.78 is 27.0. The highest BCUT2D eigenvalue weighted by molar-refractivity contribution is 9.09. The highest BCUT2D eigenvalue weighted by Crippen LogP contribution is 2.33. The molecule has 5 heteroatoms. The van der Waals surface area contributed by atoms with Gasteiger partial charge in [0.2, 0.25) is 10.0 Å².